The van der Waals surface area contributed by atoms with E-state index in [1.54, 1.807) is 0 Å². The highest BCUT2D eigenvalue weighted by Crippen LogP contribution is 2.81. The molecule has 1 N–H and O–H groups in total. The van der Waals surface area contributed by atoms with Crippen LogP contribution in [0.3, 0.4) is 0 Å². The summed E-state index contributed by atoms with van der Waals surface area (Å²) in [7, 11) is 0. The second-order valence-corrected chi connectivity index (χ2v) is 8.20. The summed E-state index contributed by atoms with van der Waals surface area (Å²) in [4.78, 5) is 20.9. The summed E-state index contributed by atoms with van der Waals surface area (Å²) in [6.07, 6.45) is 2.71. The zero-order valence-corrected chi connectivity index (χ0v) is 13.2. The molecule has 0 unspecified atom stereocenters. The number of nitrogens with one attached hydrogen (secondary N) is 1. The molecule has 5 aliphatic rings. The van der Waals surface area contributed by atoms with Crippen molar-refractivity contribution in [2.45, 2.75) is 12.8 Å². The van der Waals surface area contributed by atoms with Gasteiger partial charge in [-0.3, -0.25) is 25.7 Å². The third-order valence-electron chi connectivity index (χ3n) is 7.74. The topological polar surface area (TPSA) is 111 Å². The van der Waals surface area contributed by atoms with Crippen molar-refractivity contribution in [2.24, 2.45) is 52.4 Å². The Balaban J connectivity index is 1.34. The fourth-order valence-electron chi connectivity index (χ4n) is 7.29. The van der Waals surface area contributed by atoms with Gasteiger partial charge in [0, 0.05) is 23.6 Å². The molecule has 0 radical (unpaired) electrons. The summed E-state index contributed by atoms with van der Waals surface area (Å²) in [6, 6.07) is 3.64. The molecule has 0 saturated heterocycles. The number of rotatable bonds is 4. The molecular formula is C17H16N4O4. The smallest absolute Gasteiger partial charge is 0.272 e. The molecule has 25 heavy (non-hydrogen) atoms. The second-order valence-electron chi connectivity index (χ2n) is 8.20. The van der Waals surface area contributed by atoms with Crippen LogP contribution in [0.25, 0.3) is 0 Å². The van der Waals surface area contributed by atoms with E-state index in [4.69, 9.17) is 0 Å². The van der Waals surface area contributed by atoms with Gasteiger partial charge in [0.25, 0.3) is 5.69 Å². The van der Waals surface area contributed by atoms with E-state index < -0.39 is 9.85 Å². The van der Waals surface area contributed by atoms with Crippen molar-refractivity contribution >= 4 is 22.8 Å². The minimum atomic E-state index is -0.627. The number of hydrazone groups is 1. The van der Waals surface area contributed by atoms with E-state index in [1.165, 1.54) is 30.7 Å². The van der Waals surface area contributed by atoms with Gasteiger partial charge in [0.1, 0.15) is 5.69 Å². The van der Waals surface area contributed by atoms with Gasteiger partial charge in [-0.2, -0.15) is 5.10 Å². The van der Waals surface area contributed by atoms with Gasteiger partial charge >= 0.3 is 5.69 Å². The molecule has 128 valence electrons. The molecule has 8 nitrogen and oxygen atoms in total. The van der Waals surface area contributed by atoms with E-state index in [2.05, 4.69) is 10.5 Å². The van der Waals surface area contributed by atoms with E-state index in [9.17, 15) is 20.2 Å². The van der Waals surface area contributed by atoms with Crippen LogP contribution < -0.4 is 5.43 Å². The van der Waals surface area contributed by atoms with Crippen LogP contribution in [0, 0.1) is 67.6 Å². The van der Waals surface area contributed by atoms with Gasteiger partial charge in [-0.1, -0.05) is 0 Å². The largest absolute Gasteiger partial charge is 0.301 e. The fourth-order valence-corrected chi connectivity index (χ4v) is 7.29. The molecule has 5 saturated carbocycles. The predicted molar refractivity (Wildman–Crippen MR) is 88.0 cm³/mol. The molecule has 8 heteroatoms. The number of nitrogens with zero attached hydrogens (tertiary/aromatic N) is 3. The van der Waals surface area contributed by atoms with Crippen LogP contribution in [0.2, 0.25) is 0 Å². The fraction of sp³-hybridized carbons (Fsp3) is 0.588. The van der Waals surface area contributed by atoms with E-state index in [0.29, 0.717) is 11.8 Å². The first-order valence-corrected chi connectivity index (χ1v) is 8.82. The van der Waals surface area contributed by atoms with Crippen molar-refractivity contribution in [1.82, 2.24) is 0 Å². The van der Waals surface area contributed by atoms with Gasteiger partial charge in [-0.05, 0) is 54.4 Å². The summed E-state index contributed by atoms with van der Waals surface area (Å²) >= 11 is 0. The first-order valence-electron chi connectivity index (χ1n) is 8.82. The lowest BCUT2D eigenvalue weighted by molar-refractivity contribution is -0.393. The van der Waals surface area contributed by atoms with Crippen molar-refractivity contribution in [3.8, 4) is 0 Å². The Labute approximate surface area is 142 Å². The van der Waals surface area contributed by atoms with E-state index in [1.807, 2.05) is 0 Å². The number of benzene rings is 1. The molecular weight excluding hydrogens is 324 g/mol. The Morgan fingerprint density at radius 1 is 0.960 bits per heavy atom. The molecule has 5 fully saturated rings. The van der Waals surface area contributed by atoms with Crippen LogP contribution in [0.15, 0.2) is 23.3 Å². The third-order valence-corrected chi connectivity index (χ3v) is 7.74. The van der Waals surface area contributed by atoms with Crippen molar-refractivity contribution in [3.63, 3.8) is 0 Å². The number of non-ortho nitro benzene ring substituents is 1. The number of nitro benzene ring substituents is 2. The van der Waals surface area contributed by atoms with E-state index in [0.717, 1.165) is 41.6 Å². The number of hydrogen-bond acceptors (Lipinski definition) is 6. The van der Waals surface area contributed by atoms with Crippen molar-refractivity contribution in [3.05, 3.63) is 38.4 Å². The van der Waals surface area contributed by atoms with E-state index >= 15 is 0 Å². The number of anilines is 1. The summed E-state index contributed by atoms with van der Waals surface area (Å²) in [5.74, 6) is 6.15. The zero-order valence-electron chi connectivity index (χ0n) is 13.2. The van der Waals surface area contributed by atoms with Gasteiger partial charge in [0.2, 0.25) is 0 Å². The normalized spacial score (nSPS) is 45.2. The van der Waals surface area contributed by atoms with Crippen LogP contribution in [-0.2, 0) is 0 Å². The first kappa shape index (κ1) is 13.7. The van der Waals surface area contributed by atoms with Crippen LogP contribution in [0.5, 0.6) is 0 Å². The maximum Gasteiger partial charge on any atom is 0.301 e. The van der Waals surface area contributed by atoms with Gasteiger partial charge in [0.15, 0.2) is 0 Å². The molecule has 0 spiro atoms. The molecule has 6 rings (SSSR count). The standard InChI is InChI=1S/C17H16N4O4/c22-20(23)6-1-2-11(12(3-6)21(24)25)18-19-17-14-8-5-9-13-7(8)4-10(14)15(13)16(9)17/h1-3,7-10,13-16,18H,4-5H2/b19-17-/t7-,8-,9+,10+,13-,14-,15+,16-/m1/s1. The Hall–Kier alpha value is -2.51. The third kappa shape index (κ3) is 1.43. The Kier molecular flexibility index (Phi) is 2.29. The molecule has 0 amide bonds. The number of nitro groups is 2. The summed E-state index contributed by atoms with van der Waals surface area (Å²) < 4.78 is 0. The second kappa shape index (κ2) is 4.17. The lowest BCUT2D eigenvalue weighted by Crippen LogP contribution is -2.44. The molecule has 0 aliphatic heterocycles. The van der Waals surface area contributed by atoms with Gasteiger partial charge in [0.05, 0.1) is 15.9 Å². The minimum absolute atomic E-state index is 0.224. The average Bonchev–Trinajstić information content (AvgIpc) is 3.12. The zero-order chi connectivity index (χ0) is 17.0. The lowest BCUT2D eigenvalue weighted by atomic mass is 9.59. The molecule has 5 aliphatic carbocycles. The van der Waals surface area contributed by atoms with E-state index in [-0.39, 0.29) is 17.1 Å². The SMILES string of the molecule is O=[N+]([O-])c1ccc(N/N=C2/[C@@H]3[C@@H]4C[C@@H]5[C@@H]2[C@H]2[C@H]3C[C@H]4[C@H]52)c([N+](=O)[O-])c1. The van der Waals surface area contributed by atoms with Gasteiger partial charge in [-0.15, -0.1) is 0 Å². The van der Waals surface area contributed by atoms with Crippen molar-refractivity contribution in [2.75, 3.05) is 5.43 Å². The van der Waals surface area contributed by atoms with Gasteiger partial charge in [-0.25, -0.2) is 0 Å². The average molecular weight is 340 g/mol. The molecule has 1 aromatic rings. The maximum atomic E-state index is 11.3. The highest BCUT2D eigenvalue weighted by Gasteiger charge is 2.79. The van der Waals surface area contributed by atoms with Crippen molar-refractivity contribution in [1.29, 1.82) is 0 Å². The highest BCUT2D eigenvalue weighted by molar-refractivity contribution is 5.96. The molecule has 0 aromatic heterocycles. The first-order chi connectivity index (χ1) is 12.1. The van der Waals surface area contributed by atoms with Crippen LogP contribution >= 0.6 is 0 Å². The van der Waals surface area contributed by atoms with Gasteiger partial charge < -0.3 is 0 Å². The van der Waals surface area contributed by atoms with Crippen molar-refractivity contribution < 1.29 is 9.85 Å². The van der Waals surface area contributed by atoms with Crippen LogP contribution in [0.1, 0.15) is 12.8 Å². The predicted octanol–water partition coefficient (Wildman–Crippen LogP) is 3.05. The number of hydrogen-bond donors (Lipinski definition) is 1. The highest BCUT2D eigenvalue weighted by atomic mass is 16.6. The van der Waals surface area contributed by atoms with Crippen LogP contribution in [0.4, 0.5) is 17.1 Å². The summed E-state index contributed by atoms with van der Waals surface area (Å²) in [5, 5.41) is 26.7. The molecule has 2 bridgehead atoms. The maximum absolute atomic E-state index is 11.3. The Bertz CT molecular complexity index is 877. The quantitative estimate of drug-likeness (QED) is 0.669. The molecule has 8 atom stereocenters. The lowest BCUT2D eigenvalue weighted by Gasteiger charge is -2.44. The molecule has 1 aromatic carbocycles. The summed E-state index contributed by atoms with van der Waals surface area (Å²) in [6.45, 7) is 0. The number of fused-ring (bicyclic) bond motifs is 2. The van der Waals surface area contributed by atoms with Crippen LogP contribution in [-0.4, -0.2) is 15.6 Å². The Morgan fingerprint density at radius 2 is 1.72 bits per heavy atom. The summed E-state index contributed by atoms with van der Waals surface area (Å²) in [5.41, 5.74) is 3.73. The Morgan fingerprint density at radius 3 is 2.48 bits per heavy atom. The monoisotopic (exact) mass is 340 g/mol. The minimum Gasteiger partial charge on any atom is -0.272 e. The molecule has 0 heterocycles.